The fourth-order valence-electron chi connectivity index (χ4n) is 7.97. The van der Waals surface area contributed by atoms with Gasteiger partial charge in [0.15, 0.2) is 0 Å². The van der Waals surface area contributed by atoms with Gasteiger partial charge in [-0.2, -0.15) is 5.10 Å². The second-order valence-electron chi connectivity index (χ2n) is 15.2. The van der Waals surface area contributed by atoms with Crippen molar-refractivity contribution in [3.63, 3.8) is 0 Å². The molecule has 14 nitrogen and oxygen atoms in total. The van der Waals surface area contributed by atoms with E-state index in [-0.39, 0.29) is 56.1 Å². The Bertz CT molecular complexity index is 2300. The van der Waals surface area contributed by atoms with E-state index in [2.05, 4.69) is 34.6 Å². The van der Waals surface area contributed by atoms with Gasteiger partial charge in [0, 0.05) is 71.0 Å². The maximum atomic E-state index is 14.7. The first kappa shape index (κ1) is 42.2. The summed E-state index contributed by atoms with van der Waals surface area (Å²) in [6.07, 6.45) is 4.35. The number of para-hydroxylation sites is 1. The summed E-state index contributed by atoms with van der Waals surface area (Å²) >= 11 is 0. The SMILES string of the molecule is C=CCNCC(=O)N1[C@@H](NC(=O)NCc2ccccc2)CN(Cc2cccc3c(C(=O)N(C)CCCc4c(C)nn(C)c4C)cn(C)c23)C(=O)[C@@H]1Cc1ccc(O)cc1. The molecule has 1 saturated heterocycles. The van der Waals surface area contributed by atoms with Crippen LogP contribution in [0.3, 0.4) is 0 Å². The van der Waals surface area contributed by atoms with E-state index in [4.69, 9.17) is 0 Å². The highest BCUT2D eigenvalue weighted by Crippen LogP contribution is 2.29. The molecule has 0 saturated carbocycles. The largest absolute Gasteiger partial charge is 0.508 e. The Kier molecular flexibility index (Phi) is 13.5. The molecule has 5 aromatic rings. The van der Waals surface area contributed by atoms with Crippen molar-refractivity contribution < 1.29 is 24.3 Å². The van der Waals surface area contributed by atoms with Crippen molar-refractivity contribution >= 4 is 34.7 Å². The van der Waals surface area contributed by atoms with Gasteiger partial charge in [-0.15, -0.1) is 6.58 Å². The van der Waals surface area contributed by atoms with Crippen LogP contribution in [0.1, 0.15) is 50.4 Å². The zero-order chi connectivity index (χ0) is 42.2. The number of nitrogens with one attached hydrogen (secondary N) is 3. The molecular formula is C45H55N9O5. The summed E-state index contributed by atoms with van der Waals surface area (Å²) < 4.78 is 3.81. The Morgan fingerprint density at radius 1 is 1.00 bits per heavy atom. The van der Waals surface area contributed by atoms with Crippen molar-refractivity contribution in [1.82, 2.24) is 45.0 Å². The maximum absolute atomic E-state index is 14.7. The van der Waals surface area contributed by atoms with E-state index in [1.807, 2.05) is 92.0 Å². The van der Waals surface area contributed by atoms with E-state index in [1.165, 1.54) is 10.5 Å². The zero-order valence-electron chi connectivity index (χ0n) is 34.6. The van der Waals surface area contributed by atoms with Crippen LogP contribution in [0.2, 0.25) is 0 Å². The molecule has 3 heterocycles. The van der Waals surface area contributed by atoms with Crippen LogP contribution in [-0.4, -0.2) is 103 Å². The molecule has 0 bridgehead atoms. The predicted octanol–water partition coefficient (Wildman–Crippen LogP) is 4.32. The molecule has 59 heavy (non-hydrogen) atoms. The fourth-order valence-corrected chi connectivity index (χ4v) is 7.97. The van der Waals surface area contributed by atoms with Crippen molar-refractivity contribution in [1.29, 1.82) is 0 Å². The third-order valence-electron chi connectivity index (χ3n) is 11.1. The fraction of sp³-hybridized carbons (Fsp3) is 0.356. The van der Waals surface area contributed by atoms with Gasteiger partial charge in [0.1, 0.15) is 18.0 Å². The van der Waals surface area contributed by atoms with E-state index < -0.39 is 18.2 Å². The Morgan fingerprint density at radius 2 is 1.75 bits per heavy atom. The summed E-state index contributed by atoms with van der Waals surface area (Å²) in [7, 11) is 5.65. The minimum absolute atomic E-state index is 0.0160. The van der Waals surface area contributed by atoms with Crippen molar-refractivity contribution in [3.8, 4) is 5.75 Å². The molecule has 0 unspecified atom stereocenters. The number of aromatic nitrogens is 3. The van der Waals surface area contributed by atoms with Crippen molar-refractivity contribution in [3.05, 3.63) is 131 Å². The van der Waals surface area contributed by atoms with Crippen molar-refractivity contribution in [2.24, 2.45) is 14.1 Å². The number of carbonyl (C=O) groups is 4. The number of urea groups is 1. The smallest absolute Gasteiger partial charge is 0.316 e. The number of aromatic hydroxyl groups is 1. The zero-order valence-corrected chi connectivity index (χ0v) is 34.6. The Morgan fingerprint density at radius 3 is 2.44 bits per heavy atom. The Balaban J connectivity index is 1.27. The average Bonchev–Trinajstić information content (AvgIpc) is 3.69. The maximum Gasteiger partial charge on any atom is 0.316 e. The van der Waals surface area contributed by atoms with Gasteiger partial charge < -0.3 is 40.3 Å². The number of phenolic OH excluding ortho intramolecular Hbond substituents is 1. The lowest BCUT2D eigenvalue weighted by atomic mass is 9.98. The number of amides is 5. The second-order valence-corrected chi connectivity index (χ2v) is 15.2. The van der Waals surface area contributed by atoms with Gasteiger partial charge >= 0.3 is 6.03 Å². The highest BCUT2D eigenvalue weighted by Gasteiger charge is 2.44. The van der Waals surface area contributed by atoms with Crippen molar-refractivity contribution in [2.45, 2.75) is 58.4 Å². The molecule has 2 atom stereocenters. The number of hydrogen-bond acceptors (Lipinski definition) is 7. The number of rotatable bonds is 16. The molecule has 4 N–H and O–H groups in total. The third kappa shape index (κ3) is 9.83. The summed E-state index contributed by atoms with van der Waals surface area (Å²) in [5.74, 6) is -0.671. The molecule has 1 fully saturated rings. The molecule has 6 rings (SSSR count). The minimum atomic E-state index is -0.983. The van der Waals surface area contributed by atoms with Crippen LogP contribution in [0.4, 0.5) is 4.79 Å². The lowest BCUT2D eigenvalue weighted by Gasteiger charge is -2.46. The van der Waals surface area contributed by atoms with Crippen LogP contribution in [0.5, 0.6) is 5.75 Å². The van der Waals surface area contributed by atoms with Crippen LogP contribution in [0, 0.1) is 13.8 Å². The van der Waals surface area contributed by atoms with E-state index in [1.54, 1.807) is 40.1 Å². The van der Waals surface area contributed by atoms with Gasteiger partial charge in [0.2, 0.25) is 11.8 Å². The highest BCUT2D eigenvalue weighted by molar-refractivity contribution is 6.07. The average molecular weight is 802 g/mol. The molecule has 1 aliphatic rings. The van der Waals surface area contributed by atoms with Crippen molar-refractivity contribution in [2.75, 3.05) is 33.2 Å². The molecule has 14 heteroatoms. The van der Waals surface area contributed by atoms with Crippen LogP contribution in [0.15, 0.2) is 91.6 Å². The monoisotopic (exact) mass is 801 g/mol. The van der Waals surface area contributed by atoms with Gasteiger partial charge in [-0.05, 0) is 61.1 Å². The van der Waals surface area contributed by atoms with Gasteiger partial charge in [-0.1, -0.05) is 66.7 Å². The quantitative estimate of drug-likeness (QED) is 0.0856. The first-order chi connectivity index (χ1) is 28.4. The lowest BCUT2D eigenvalue weighted by Crippen LogP contribution is -2.69. The number of carbonyl (C=O) groups excluding carboxylic acids is 4. The molecule has 0 spiro atoms. The standard InChI is InChI=1S/C45H55N9O5/c1-7-22-46-26-41(56)54-39(24-32-18-20-35(55)21-19-32)44(58)53(29-40(54)48-45(59)47-25-33-13-9-8-10-14-33)27-34-15-11-16-37-38(28-51(5)42(34)37)43(57)50(4)23-12-17-36-30(2)49-52(6)31(36)3/h7-11,13-16,18-21,28,39-40,46,55H,1,12,17,22-27,29H2,2-6H3,(H2,47,48,59)/t39-,40+/m0/s1. The topological polar surface area (TPSA) is 157 Å². The van der Waals surface area contributed by atoms with Gasteiger partial charge in [0.05, 0.1) is 29.9 Å². The number of fused-ring (bicyclic) bond motifs is 1. The summed E-state index contributed by atoms with van der Waals surface area (Å²) in [5.41, 5.74) is 7.17. The predicted molar refractivity (Wildman–Crippen MR) is 227 cm³/mol. The molecule has 3 aromatic carbocycles. The highest BCUT2D eigenvalue weighted by atomic mass is 16.3. The van der Waals surface area contributed by atoms with Crippen LogP contribution >= 0.6 is 0 Å². The summed E-state index contributed by atoms with van der Waals surface area (Å²) in [4.78, 5) is 61.1. The normalized spacial score (nSPS) is 15.4. The first-order valence-electron chi connectivity index (χ1n) is 20.0. The third-order valence-corrected chi connectivity index (χ3v) is 11.1. The molecule has 0 radical (unpaired) electrons. The summed E-state index contributed by atoms with van der Waals surface area (Å²) in [5, 5.41) is 24.2. The molecule has 2 aromatic heterocycles. The number of nitrogens with zero attached hydrogens (tertiary/aromatic N) is 6. The minimum Gasteiger partial charge on any atom is -0.508 e. The van der Waals surface area contributed by atoms with Crippen LogP contribution in [-0.2, 0) is 49.6 Å². The number of phenols is 1. The van der Waals surface area contributed by atoms with E-state index in [9.17, 15) is 24.3 Å². The molecule has 5 amide bonds. The first-order valence-corrected chi connectivity index (χ1v) is 20.0. The van der Waals surface area contributed by atoms with E-state index in [0.29, 0.717) is 18.7 Å². The number of aryl methyl sites for hydroxylation is 3. The Labute approximate surface area is 345 Å². The van der Waals surface area contributed by atoms with Gasteiger partial charge in [0.25, 0.3) is 5.91 Å². The van der Waals surface area contributed by atoms with Crippen LogP contribution in [0.25, 0.3) is 10.9 Å². The second kappa shape index (κ2) is 18.9. The lowest BCUT2D eigenvalue weighted by molar-refractivity contribution is -0.156. The van der Waals surface area contributed by atoms with Crippen LogP contribution < -0.4 is 16.0 Å². The summed E-state index contributed by atoms with van der Waals surface area (Å²) in [6, 6.07) is 20.3. The van der Waals surface area contributed by atoms with Gasteiger partial charge in [-0.25, -0.2) is 4.79 Å². The molecular weight excluding hydrogens is 747 g/mol. The number of benzene rings is 3. The molecule has 1 aliphatic heterocycles. The Hall–Kier alpha value is -6.41. The van der Waals surface area contributed by atoms with E-state index in [0.717, 1.165) is 51.8 Å². The molecule has 0 aliphatic carbocycles. The molecule has 310 valence electrons. The number of hydrogen-bond donors (Lipinski definition) is 4. The van der Waals surface area contributed by atoms with E-state index >= 15 is 0 Å². The van der Waals surface area contributed by atoms with Gasteiger partial charge in [-0.3, -0.25) is 19.1 Å². The summed E-state index contributed by atoms with van der Waals surface area (Å²) in [6.45, 7) is 9.11. The number of piperazine rings is 1.